The minimum absolute atomic E-state index is 0.127. The number of anilines is 2. The maximum Gasteiger partial charge on any atom is 0.266 e. The molecule has 5 rings (SSSR count). The first-order chi connectivity index (χ1) is 14.2. The number of hydroxylamine groups is 2. The summed E-state index contributed by atoms with van der Waals surface area (Å²) >= 11 is 1.52. The molecule has 0 atom stereocenters. The summed E-state index contributed by atoms with van der Waals surface area (Å²) in [6, 6.07) is 11.6. The van der Waals surface area contributed by atoms with E-state index in [1.807, 2.05) is 53.9 Å². The lowest BCUT2D eigenvalue weighted by molar-refractivity contribution is -0.112. The summed E-state index contributed by atoms with van der Waals surface area (Å²) < 4.78 is 5.39. The minimum atomic E-state index is -0.127. The van der Waals surface area contributed by atoms with Crippen LogP contribution in [0.15, 0.2) is 71.4 Å². The zero-order chi connectivity index (χ0) is 19.8. The fourth-order valence-electron chi connectivity index (χ4n) is 3.92. The number of benzene rings is 1. The Hall–Kier alpha value is -2.71. The van der Waals surface area contributed by atoms with Crippen LogP contribution in [0.2, 0.25) is 0 Å². The summed E-state index contributed by atoms with van der Waals surface area (Å²) in [4.78, 5) is 17.4. The molecule has 2 aromatic rings. The van der Waals surface area contributed by atoms with Crippen LogP contribution < -0.4 is 4.90 Å². The van der Waals surface area contributed by atoms with Crippen LogP contribution in [0.25, 0.3) is 5.57 Å². The van der Waals surface area contributed by atoms with E-state index in [9.17, 15) is 10.0 Å². The zero-order valence-corrected chi connectivity index (χ0v) is 16.6. The molecule has 1 N–H and O–H groups in total. The summed E-state index contributed by atoms with van der Waals surface area (Å²) in [5.41, 5.74) is 3.66. The number of para-hydroxylation sites is 1. The molecular formula is C22H21N3O3S. The second-order valence-electron chi connectivity index (χ2n) is 7.14. The Kier molecular flexibility index (Phi) is 4.81. The van der Waals surface area contributed by atoms with Gasteiger partial charge in [-0.05, 0) is 35.2 Å². The Morgan fingerprint density at radius 1 is 1.07 bits per heavy atom. The number of rotatable bonds is 3. The highest BCUT2D eigenvalue weighted by atomic mass is 32.1. The average Bonchev–Trinajstić information content (AvgIpc) is 3.35. The molecule has 0 unspecified atom stereocenters. The fourth-order valence-corrected chi connectivity index (χ4v) is 4.66. The van der Waals surface area contributed by atoms with Crippen molar-refractivity contribution in [3.8, 4) is 0 Å². The minimum Gasteiger partial charge on any atom is -0.379 e. The number of thiophene rings is 1. The third kappa shape index (κ3) is 3.32. The van der Waals surface area contributed by atoms with Gasteiger partial charge >= 0.3 is 0 Å². The van der Waals surface area contributed by atoms with Crippen LogP contribution in [0.5, 0.6) is 0 Å². The number of allylic oxidation sites excluding steroid dienone is 1. The van der Waals surface area contributed by atoms with Crippen LogP contribution in [-0.4, -0.2) is 53.9 Å². The standard InChI is InChI=1S/C22H21N3O3S/c26-22-21(17-4-1-2-5-18(17)25(22)20-6-3-13-29-20)19-8-7-16(15-24(19)27)14-23-9-11-28-12-10-23/h1-8,13,15,27H,9-12,14H2. The first-order valence-corrected chi connectivity index (χ1v) is 10.5. The first-order valence-electron chi connectivity index (χ1n) is 9.61. The predicted molar refractivity (Wildman–Crippen MR) is 113 cm³/mol. The van der Waals surface area contributed by atoms with Crippen molar-refractivity contribution in [2.45, 2.75) is 0 Å². The number of amides is 1. The van der Waals surface area contributed by atoms with Crippen molar-refractivity contribution >= 4 is 33.5 Å². The van der Waals surface area contributed by atoms with Gasteiger partial charge in [-0.15, -0.1) is 11.3 Å². The lowest BCUT2D eigenvalue weighted by Gasteiger charge is -2.28. The largest absolute Gasteiger partial charge is 0.379 e. The number of hydrogen-bond acceptors (Lipinski definition) is 6. The molecule has 1 fully saturated rings. The average molecular weight is 407 g/mol. The molecular weight excluding hydrogens is 386 g/mol. The van der Waals surface area contributed by atoms with Gasteiger partial charge < -0.3 is 4.74 Å². The van der Waals surface area contributed by atoms with Crippen molar-refractivity contribution in [3.63, 3.8) is 0 Å². The summed E-state index contributed by atoms with van der Waals surface area (Å²) in [5.74, 6) is -0.127. The number of nitrogens with zero attached hydrogens (tertiary/aromatic N) is 3. The van der Waals surface area contributed by atoms with Gasteiger partial charge in [0.15, 0.2) is 0 Å². The number of ether oxygens (including phenoxy) is 1. The molecule has 0 aliphatic carbocycles. The molecule has 1 saturated heterocycles. The number of carbonyl (C=O) groups excluding carboxylic acids is 1. The van der Waals surface area contributed by atoms with Crippen molar-refractivity contribution in [1.82, 2.24) is 9.96 Å². The Balaban J connectivity index is 1.48. The van der Waals surface area contributed by atoms with Gasteiger partial charge in [-0.25, -0.2) is 5.06 Å². The van der Waals surface area contributed by atoms with Crippen molar-refractivity contribution in [3.05, 3.63) is 77.0 Å². The van der Waals surface area contributed by atoms with Gasteiger partial charge in [-0.1, -0.05) is 24.3 Å². The number of hydrogen-bond donors (Lipinski definition) is 1. The van der Waals surface area contributed by atoms with Crippen molar-refractivity contribution < 1.29 is 14.7 Å². The van der Waals surface area contributed by atoms with Gasteiger partial charge in [-0.3, -0.25) is 19.8 Å². The van der Waals surface area contributed by atoms with Crippen molar-refractivity contribution in [2.24, 2.45) is 0 Å². The molecule has 148 valence electrons. The first kappa shape index (κ1) is 18.3. The zero-order valence-electron chi connectivity index (χ0n) is 15.8. The van der Waals surface area contributed by atoms with E-state index in [1.165, 1.54) is 11.3 Å². The quantitative estimate of drug-likeness (QED) is 0.788. The molecule has 3 aliphatic heterocycles. The Morgan fingerprint density at radius 3 is 2.66 bits per heavy atom. The van der Waals surface area contributed by atoms with Crippen LogP contribution in [0.4, 0.5) is 10.7 Å². The summed E-state index contributed by atoms with van der Waals surface area (Å²) in [6.07, 6.45) is 5.51. The van der Waals surface area contributed by atoms with E-state index in [-0.39, 0.29) is 5.91 Å². The molecule has 1 amide bonds. The van der Waals surface area contributed by atoms with Gasteiger partial charge in [0, 0.05) is 31.4 Å². The smallest absolute Gasteiger partial charge is 0.266 e. The number of fused-ring (bicyclic) bond motifs is 1. The van der Waals surface area contributed by atoms with E-state index in [0.29, 0.717) is 11.3 Å². The van der Waals surface area contributed by atoms with Gasteiger partial charge in [0.1, 0.15) is 5.00 Å². The SMILES string of the molecule is O=C1C(=C2C=CC(CN3CCOCC3)=CN2O)c2ccccc2N1c1cccs1. The van der Waals surface area contributed by atoms with E-state index >= 15 is 0 Å². The highest BCUT2D eigenvalue weighted by molar-refractivity contribution is 7.14. The molecule has 1 aromatic heterocycles. The fraction of sp³-hybridized carbons (Fsp3) is 0.227. The Morgan fingerprint density at radius 2 is 1.90 bits per heavy atom. The molecule has 6 nitrogen and oxygen atoms in total. The maximum atomic E-state index is 13.4. The third-order valence-corrected chi connectivity index (χ3v) is 6.17. The number of morpholine rings is 1. The normalized spacial score (nSPS) is 22.2. The summed E-state index contributed by atoms with van der Waals surface area (Å²) in [5, 5.41) is 14.6. The lowest BCUT2D eigenvalue weighted by atomic mass is 10.0. The second-order valence-corrected chi connectivity index (χ2v) is 8.07. The van der Waals surface area contributed by atoms with Gasteiger partial charge in [0.25, 0.3) is 5.91 Å². The third-order valence-electron chi connectivity index (χ3n) is 5.31. The highest BCUT2D eigenvalue weighted by Crippen LogP contribution is 2.44. The monoisotopic (exact) mass is 407 g/mol. The van der Waals surface area contributed by atoms with Crippen molar-refractivity contribution in [1.29, 1.82) is 0 Å². The van der Waals surface area contributed by atoms with Crippen LogP contribution in [0, 0.1) is 0 Å². The molecule has 0 radical (unpaired) electrons. The molecule has 4 heterocycles. The van der Waals surface area contributed by atoms with Crippen LogP contribution >= 0.6 is 11.3 Å². The van der Waals surface area contributed by atoms with Gasteiger partial charge in [0.05, 0.1) is 30.2 Å². The highest BCUT2D eigenvalue weighted by Gasteiger charge is 2.37. The summed E-state index contributed by atoms with van der Waals surface area (Å²) in [7, 11) is 0. The Labute approximate surface area is 173 Å². The molecule has 0 spiro atoms. The van der Waals surface area contributed by atoms with Crippen molar-refractivity contribution in [2.75, 3.05) is 37.7 Å². The predicted octanol–water partition coefficient (Wildman–Crippen LogP) is 3.61. The summed E-state index contributed by atoms with van der Waals surface area (Å²) in [6.45, 7) is 3.97. The van der Waals surface area contributed by atoms with Crippen LogP contribution in [0.1, 0.15) is 5.56 Å². The second kappa shape index (κ2) is 7.61. The van der Waals surface area contributed by atoms with E-state index in [0.717, 1.165) is 59.7 Å². The van der Waals surface area contributed by atoms with E-state index in [1.54, 1.807) is 11.1 Å². The van der Waals surface area contributed by atoms with Crippen LogP contribution in [-0.2, 0) is 9.53 Å². The van der Waals surface area contributed by atoms with Gasteiger partial charge in [-0.2, -0.15) is 0 Å². The Bertz CT molecular complexity index is 1020. The molecule has 29 heavy (non-hydrogen) atoms. The maximum absolute atomic E-state index is 13.4. The molecule has 1 aromatic carbocycles. The van der Waals surface area contributed by atoms with Gasteiger partial charge in [0.2, 0.25) is 0 Å². The van der Waals surface area contributed by atoms with Crippen LogP contribution in [0.3, 0.4) is 0 Å². The number of carbonyl (C=O) groups is 1. The lowest BCUT2D eigenvalue weighted by Crippen LogP contribution is -2.37. The topological polar surface area (TPSA) is 56.3 Å². The van der Waals surface area contributed by atoms with E-state index in [2.05, 4.69) is 4.90 Å². The molecule has 3 aliphatic rings. The van der Waals surface area contributed by atoms with E-state index < -0.39 is 0 Å². The molecule has 0 bridgehead atoms. The van der Waals surface area contributed by atoms with E-state index in [4.69, 9.17) is 4.74 Å². The molecule has 7 heteroatoms. The molecule has 0 saturated carbocycles.